The Bertz CT molecular complexity index is 760. The number of anilines is 1. The second-order valence-corrected chi connectivity index (χ2v) is 4.72. The second kappa shape index (κ2) is 9.78. The van der Waals surface area contributed by atoms with Gasteiger partial charge >= 0.3 is 0 Å². The Balaban J connectivity index is 2.18. The van der Waals surface area contributed by atoms with Crippen LogP contribution in [0.2, 0.25) is 5.28 Å². The summed E-state index contributed by atoms with van der Waals surface area (Å²) in [5, 5.41) is 3.14. The topological polar surface area (TPSA) is 82.1 Å². The molecule has 126 valence electrons. The molecule has 0 bridgehead atoms. The zero-order valence-corrected chi connectivity index (χ0v) is 14.2. The quantitative estimate of drug-likeness (QED) is 0.467. The monoisotopic (exact) mass is 348 g/mol. The van der Waals surface area contributed by atoms with E-state index in [2.05, 4.69) is 37.1 Å². The number of rotatable bonds is 7. The molecule has 7 nitrogen and oxygen atoms in total. The minimum Gasteiger partial charge on any atom is -0.363 e. The summed E-state index contributed by atoms with van der Waals surface area (Å²) in [6.07, 6.45) is 3.97. The summed E-state index contributed by atoms with van der Waals surface area (Å²) in [5.74, 6) is 6.25. The van der Waals surface area contributed by atoms with Crippen molar-refractivity contribution < 1.29 is 10.8 Å². The van der Waals surface area contributed by atoms with Crippen molar-refractivity contribution in [2.45, 2.75) is 26.7 Å². The van der Waals surface area contributed by atoms with Crippen LogP contribution in [0.1, 0.15) is 26.5 Å². The van der Waals surface area contributed by atoms with Gasteiger partial charge < -0.3 is 14.8 Å². The molecule has 0 aliphatic carbocycles. The molecule has 1 N–H and O–H groups in total. The predicted molar refractivity (Wildman–Crippen MR) is 90.3 cm³/mol. The maximum Gasteiger partial charge on any atom is 0.224 e. The van der Waals surface area contributed by atoms with Gasteiger partial charge in [-0.15, -0.1) is 0 Å². The summed E-state index contributed by atoms with van der Waals surface area (Å²) >= 11 is 5.87. The average molecular weight is 349 g/mol. The van der Waals surface area contributed by atoms with Crippen LogP contribution in [0.25, 0.3) is 0 Å². The van der Waals surface area contributed by atoms with Gasteiger partial charge in [-0.3, -0.25) is 9.97 Å². The van der Waals surface area contributed by atoms with Crippen LogP contribution < -0.4 is 5.32 Å². The van der Waals surface area contributed by atoms with Gasteiger partial charge in [-0.05, 0) is 31.4 Å². The van der Waals surface area contributed by atoms with Crippen molar-refractivity contribution in [3.63, 3.8) is 0 Å². The predicted octanol–water partition coefficient (Wildman–Crippen LogP) is 2.28. The third-order valence-electron chi connectivity index (χ3n) is 2.71. The van der Waals surface area contributed by atoms with E-state index in [4.69, 9.17) is 22.4 Å². The number of halogens is 1. The van der Waals surface area contributed by atoms with Crippen LogP contribution in [0.3, 0.4) is 0 Å². The first-order valence-electron chi connectivity index (χ1n) is 7.91. The van der Waals surface area contributed by atoms with Gasteiger partial charge in [-0.1, -0.05) is 5.92 Å². The maximum absolute atomic E-state index is 7.73. The van der Waals surface area contributed by atoms with Gasteiger partial charge in [-0.25, -0.2) is 4.98 Å². The Kier molecular flexibility index (Phi) is 6.76. The summed E-state index contributed by atoms with van der Waals surface area (Å²) in [4.78, 5) is 16.1. The summed E-state index contributed by atoms with van der Waals surface area (Å²) in [6.45, 7) is 4.97. The molecule has 8 heteroatoms. The minimum atomic E-state index is -0.627. The summed E-state index contributed by atoms with van der Waals surface area (Å²) in [6, 6.07) is 0. The Labute approximate surface area is 147 Å². The van der Waals surface area contributed by atoms with Crippen molar-refractivity contribution in [2.24, 2.45) is 0 Å². The number of ether oxygens (including phenoxy) is 2. The molecule has 0 spiro atoms. The minimum absolute atomic E-state index is 0.0875. The van der Waals surface area contributed by atoms with E-state index in [1.807, 2.05) is 13.8 Å². The van der Waals surface area contributed by atoms with Crippen LogP contribution in [0, 0.1) is 11.8 Å². The van der Waals surface area contributed by atoms with Gasteiger partial charge in [0.25, 0.3) is 0 Å². The number of nitrogens with zero attached hydrogens (tertiary/aromatic N) is 4. The summed E-state index contributed by atoms with van der Waals surface area (Å²) in [7, 11) is 0. The fraction of sp³-hybridized carbons (Fsp3) is 0.375. The molecule has 0 saturated heterocycles. The normalized spacial score (nSPS) is 10.9. The van der Waals surface area contributed by atoms with E-state index in [1.54, 1.807) is 0 Å². The van der Waals surface area contributed by atoms with Crippen LogP contribution in [-0.4, -0.2) is 39.4 Å². The largest absolute Gasteiger partial charge is 0.363 e. The zero-order chi connectivity index (χ0) is 18.1. The van der Waals surface area contributed by atoms with E-state index >= 15 is 0 Å². The first-order valence-corrected chi connectivity index (χ1v) is 7.79. The smallest absolute Gasteiger partial charge is 0.224 e. The fourth-order valence-electron chi connectivity index (χ4n) is 1.71. The highest BCUT2D eigenvalue weighted by atomic mass is 35.5. The van der Waals surface area contributed by atoms with Crippen LogP contribution in [0.5, 0.6) is 0 Å². The van der Waals surface area contributed by atoms with Gasteiger partial charge in [0.05, 0.1) is 25.3 Å². The first kappa shape index (κ1) is 16.6. The van der Waals surface area contributed by atoms with E-state index in [9.17, 15) is 0 Å². The van der Waals surface area contributed by atoms with E-state index in [0.717, 1.165) is 0 Å². The van der Waals surface area contributed by atoms with Gasteiger partial charge in [0.1, 0.15) is 5.82 Å². The van der Waals surface area contributed by atoms with Crippen LogP contribution >= 0.6 is 11.6 Å². The molecule has 0 aromatic carbocycles. The summed E-state index contributed by atoms with van der Waals surface area (Å²) in [5.41, 5.74) is 1.02. The fourth-order valence-corrected chi connectivity index (χ4v) is 1.84. The zero-order valence-electron chi connectivity index (χ0n) is 14.4. The Morgan fingerprint density at radius 3 is 2.79 bits per heavy atom. The highest BCUT2D eigenvalue weighted by molar-refractivity contribution is 6.28. The second-order valence-electron chi connectivity index (χ2n) is 4.38. The number of hydrogen-bond donors (Lipinski definition) is 1. The molecule has 0 radical (unpaired) electrons. The molecule has 0 amide bonds. The van der Waals surface area contributed by atoms with E-state index in [1.165, 1.54) is 18.6 Å². The maximum atomic E-state index is 7.73. The highest BCUT2D eigenvalue weighted by Gasteiger charge is 2.07. The van der Waals surface area contributed by atoms with E-state index < -0.39 is 6.29 Å². The Hall–Kier alpha value is -2.27. The third kappa shape index (κ3) is 5.74. The van der Waals surface area contributed by atoms with Gasteiger partial charge in [-0.2, -0.15) is 4.98 Å². The SMILES string of the molecule is [2H]c1nccnc1CNc1nc(Cl)ncc1C#CC(OCC)OCC. The summed E-state index contributed by atoms with van der Waals surface area (Å²) < 4.78 is 18.5. The average Bonchev–Trinajstić information content (AvgIpc) is 2.60. The lowest BCUT2D eigenvalue weighted by Crippen LogP contribution is -2.15. The third-order valence-corrected chi connectivity index (χ3v) is 2.89. The highest BCUT2D eigenvalue weighted by Crippen LogP contribution is 2.14. The van der Waals surface area contributed by atoms with Crippen LogP contribution in [0.4, 0.5) is 5.82 Å². The van der Waals surface area contributed by atoms with Crippen molar-refractivity contribution in [3.8, 4) is 11.8 Å². The molecule has 2 rings (SSSR count). The van der Waals surface area contributed by atoms with Gasteiger partial charge in [0.2, 0.25) is 11.6 Å². The molecule has 2 heterocycles. The van der Waals surface area contributed by atoms with Crippen molar-refractivity contribution in [2.75, 3.05) is 18.5 Å². The van der Waals surface area contributed by atoms with Crippen LogP contribution in [-0.2, 0) is 16.0 Å². The van der Waals surface area contributed by atoms with Crippen molar-refractivity contribution in [1.82, 2.24) is 19.9 Å². The molecule has 0 aliphatic rings. The number of nitrogens with one attached hydrogen (secondary N) is 1. The van der Waals surface area contributed by atoms with E-state index in [0.29, 0.717) is 30.3 Å². The number of hydrogen-bond acceptors (Lipinski definition) is 7. The molecule has 0 atom stereocenters. The lowest BCUT2D eigenvalue weighted by molar-refractivity contribution is -0.0969. The van der Waals surface area contributed by atoms with Gasteiger partial charge in [0.15, 0.2) is 0 Å². The molecular weight excluding hydrogens is 330 g/mol. The lowest BCUT2D eigenvalue weighted by Gasteiger charge is -2.10. The molecular formula is C16H18ClN5O2. The molecule has 0 aliphatic heterocycles. The molecule has 0 fully saturated rings. The molecule has 2 aromatic heterocycles. The van der Waals surface area contributed by atoms with Crippen molar-refractivity contribution >= 4 is 17.4 Å². The Morgan fingerprint density at radius 1 is 1.29 bits per heavy atom. The molecule has 2 aromatic rings. The van der Waals surface area contributed by atoms with Gasteiger partial charge in [0, 0.05) is 31.8 Å². The molecule has 0 unspecified atom stereocenters. The lowest BCUT2D eigenvalue weighted by atomic mass is 10.3. The molecule has 24 heavy (non-hydrogen) atoms. The molecule has 0 saturated carbocycles. The van der Waals surface area contributed by atoms with Crippen molar-refractivity contribution in [1.29, 1.82) is 0 Å². The van der Waals surface area contributed by atoms with E-state index in [-0.39, 0.29) is 18.0 Å². The van der Waals surface area contributed by atoms with Crippen molar-refractivity contribution in [3.05, 3.63) is 41.3 Å². The number of aromatic nitrogens is 4. The first-order chi connectivity index (χ1) is 12.1. The Morgan fingerprint density at radius 2 is 2.08 bits per heavy atom. The van der Waals surface area contributed by atoms with Crippen LogP contribution in [0.15, 0.2) is 24.8 Å². The standard InChI is InChI=1S/C16H18ClN5O2/c1-3-23-14(24-4-2)6-5-12-9-21-16(17)22-15(12)20-11-13-10-18-7-8-19-13/h7-10,14H,3-4,11H2,1-2H3,(H,20,21,22)/i10D.